The van der Waals surface area contributed by atoms with Crippen molar-refractivity contribution >= 4 is 27.8 Å². The van der Waals surface area contributed by atoms with Crippen molar-refractivity contribution in [2.45, 2.75) is 76.3 Å². The number of hydrogen-bond donors (Lipinski definition) is 4. The summed E-state index contributed by atoms with van der Waals surface area (Å²) in [5.74, 6) is -1.58. The average molecular weight is 588 g/mol. The first-order valence-electron chi connectivity index (χ1n) is 12.7. The lowest BCUT2D eigenvalue weighted by molar-refractivity contribution is -0.486. The van der Waals surface area contributed by atoms with E-state index in [1.54, 1.807) is 32.2 Å². The van der Waals surface area contributed by atoms with E-state index in [1.165, 1.54) is 24.0 Å². The van der Waals surface area contributed by atoms with Gasteiger partial charge in [0.05, 0.1) is 23.1 Å². The van der Waals surface area contributed by atoms with Crippen LogP contribution in [0.25, 0.3) is 0 Å². The van der Waals surface area contributed by atoms with E-state index in [9.17, 15) is 28.1 Å². The van der Waals surface area contributed by atoms with Gasteiger partial charge in [0.1, 0.15) is 11.1 Å². The standard InChI is InChI=1S/C19H29N7O7S.C5H12O/c1-3-33-18-15(10-7-11-25(18)19(20)24-26(29)30)23-17(28)13(2)22-16(27)12-21-34(31,32)14-8-5-4-6-9-14;1-5(2,3)6-4/h4-6,8-9,13,15,18,21H,3,7,10-12H2,1-2H3,(H2,20,24)(H,22,27)(H,23,28);1-4H3/t13-,15?,18?;/m0./s1. The molecule has 0 spiro atoms. The van der Waals surface area contributed by atoms with Crippen molar-refractivity contribution in [1.29, 1.82) is 0 Å². The van der Waals surface area contributed by atoms with Crippen molar-refractivity contribution < 1.29 is 32.5 Å². The number of methoxy groups -OCH3 is 1. The van der Waals surface area contributed by atoms with Crippen LogP contribution in [0.15, 0.2) is 40.3 Å². The number of rotatable bonds is 10. The van der Waals surface area contributed by atoms with Crippen LogP contribution in [0.3, 0.4) is 0 Å². The molecule has 1 aliphatic rings. The quantitative estimate of drug-likeness (QED) is 0.128. The van der Waals surface area contributed by atoms with Gasteiger partial charge in [-0.1, -0.05) is 18.2 Å². The fourth-order valence-electron chi connectivity index (χ4n) is 3.38. The molecule has 0 bridgehead atoms. The zero-order valence-electron chi connectivity index (χ0n) is 23.7. The third-order valence-electron chi connectivity index (χ3n) is 5.57. The van der Waals surface area contributed by atoms with Crippen LogP contribution in [0.2, 0.25) is 0 Å². The lowest BCUT2D eigenvalue weighted by Crippen LogP contribution is -2.61. The lowest BCUT2D eigenvalue weighted by atomic mass is 10.0. The fourth-order valence-corrected chi connectivity index (χ4v) is 4.39. The average Bonchev–Trinajstić information content (AvgIpc) is 2.88. The minimum atomic E-state index is -3.88. The second kappa shape index (κ2) is 16.1. The first kappa shape index (κ1) is 34.7. The number of piperidine rings is 1. The van der Waals surface area contributed by atoms with Gasteiger partial charge in [-0.05, 0) is 59.6 Å². The second-order valence-corrected chi connectivity index (χ2v) is 11.5. The van der Waals surface area contributed by atoms with Crippen LogP contribution in [0.4, 0.5) is 0 Å². The van der Waals surface area contributed by atoms with Crippen LogP contribution in [-0.2, 0) is 29.1 Å². The smallest absolute Gasteiger partial charge is 0.270 e. The van der Waals surface area contributed by atoms with Gasteiger partial charge in [-0.15, -0.1) is 0 Å². The number of hydrazone groups is 1. The molecule has 1 heterocycles. The molecule has 1 fully saturated rings. The zero-order chi connectivity index (χ0) is 30.5. The Balaban J connectivity index is 0.00000120. The van der Waals surface area contributed by atoms with E-state index >= 15 is 0 Å². The van der Waals surface area contributed by atoms with Crippen LogP contribution in [-0.4, -0.2) is 86.8 Å². The summed E-state index contributed by atoms with van der Waals surface area (Å²) in [6.45, 7) is 9.29. The molecule has 0 aromatic heterocycles. The van der Waals surface area contributed by atoms with Crippen molar-refractivity contribution in [3.8, 4) is 0 Å². The maximum Gasteiger partial charge on any atom is 0.270 e. The van der Waals surface area contributed by atoms with Crippen LogP contribution in [0.1, 0.15) is 47.5 Å². The Labute approximate surface area is 235 Å². The van der Waals surface area contributed by atoms with Crippen LogP contribution in [0.5, 0.6) is 0 Å². The number of nitro groups is 1. The topological polar surface area (TPSA) is 208 Å². The molecule has 5 N–H and O–H groups in total. The normalized spacial score (nSPS) is 18.6. The predicted octanol–water partition coefficient (Wildman–Crippen LogP) is 0.351. The number of nitrogens with two attached hydrogens (primary N) is 1. The minimum Gasteiger partial charge on any atom is -0.379 e. The third kappa shape index (κ3) is 12.2. The first-order chi connectivity index (χ1) is 18.6. The van der Waals surface area contributed by atoms with E-state index in [0.717, 1.165) is 0 Å². The van der Waals surface area contributed by atoms with Gasteiger partial charge in [-0.25, -0.2) is 23.3 Å². The molecule has 1 aliphatic heterocycles. The first-order valence-corrected chi connectivity index (χ1v) is 14.2. The number of benzene rings is 1. The van der Waals surface area contributed by atoms with E-state index in [2.05, 4.69) is 20.5 Å². The van der Waals surface area contributed by atoms with E-state index in [4.69, 9.17) is 15.2 Å². The molecule has 2 unspecified atom stereocenters. The number of likely N-dealkylation sites (tertiary alicyclic amines) is 1. The summed E-state index contributed by atoms with van der Waals surface area (Å²) < 4.78 is 37.2. The highest BCUT2D eigenvalue weighted by molar-refractivity contribution is 7.89. The number of nitrogens with one attached hydrogen (secondary N) is 3. The Morgan fingerprint density at radius 2 is 1.88 bits per heavy atom. The van der Waals surface area contributed by atoms with E-state index in [0.29, 0.717) is 19.4 Å². The molecule has 3 atom stereocenters. The number of amides is 2. The van der Waals surface area contributed by atoms with Crippen LogP contribution >= 0.6 is 0 Å². The highest BCUT2D eigenvalue weighted by Gasteiger charge is 2.36. The van der Waals surface area contributed by atoms with Gasteiger partial charge in [0.2, 0.25) is 21.8 Å². The Morgan fingerprint density at radius 3 is 2.40 bits per heavy atom. The zero-order valence-corrected chi connectivity index (χ0v) is 24.6. The van der Waals surface area contributed by atoms with Crippen molar-refractivity contribution in [2.75, 3.05) is 26.8 Å². The van der Waals surface area contributed by atoms with Gasteiger partial charge < -0.3 is 30.7 Å². The SMILES string of the molecule is CCOC1C(NC(=O)[C@H](C)NC(=O)CNS(=O)(=O)c2ccccc2)CCCN1/C(N)=N\[N+](=O)[O-].COC(C)(C)C. The summed E-state index contributed by atoms with van der Waals surface area (Å²) in [4.78, 5) is 37.0. The van der Waals surface area contributed by atoms with Crippen molar-refractivity contribution in [2.24, 2.45) is 10.8 Å². The number of hydrogen-bond acceptors (Lipinski definition) is 8. The Morgan fingerprint density at radius 1 is 1.27 bits per heavy atom. The van der Waals surface area contributed by atoms with E-state index < -0.39 is 51.7 Å². The molecule has 0 saturated carbocycles. The van der Waals surface area contributed by atoms with Gasteiger partial charge in [0, 0.05) is 20.3 Å². The summed E-state index contributed by atoms with van der Waals surface area (Å²) in [7, 11) is -2.17. The molecular formula is C24H41N7O8S. The number of carbonyl (C=O) groups is 2. The second-order valence-electron chi connectivity index (χ2n) is 9.74. The van der Waals surface area contributed by atoms with Crippen molar-refractivity contribution in [3.05, 3.63) is 40.4 Å². The van der Waals surface area contributed by atoms with Crippen LogP contribution in [0, 0.1) is 10.1 Å². The molecule has 15 nitrogen and oxygen atoms in total. The molecule has 2 rings (SSSR count). The summed E-state index contributed by atoms with van der Waals surface area (Å²) >= 11 is 0. The van der Waals surface area contributed by atoms with E-state index in [1.807, 2.05) is 20.8 Å². The lowest BCUT2D eigenvalue weighted by Gasteiger charge is -2.41. The summed E-state index contributed by atoms with van der Waals surface area (Å²) in [6.07, 6.45) is 0.285. The number of guanidine groups is 1. The van der Waals surface area contributed by atoms with Crippen molar-refractivity contribution in [3.63, 3.8) is 0 Å². The number of sulfonamides is 1. The molecule has 16 heteroatoms. The number of nitrogens with zero attached hydrogens (tertiary/aromatic N) is 3. The highest BCUT2D eigenvalue weighted by atomic mass is 32.2. The number of carbonyl (C=O) groups excluding carboxylic acids is 2. The molecule has 0 radical (unpaired) electrons. The summed E-state index contributed by atoms with van der Waals surface area (Å²) in [5.41, 5.74) is 5.77. The molecule has 1 aromatic rings. The monoisotopic (exact) mass is 587 g/mol. The predicted molar refractivity (Wildman–Crippen MR) is 148 cm³/mol. The van der Waals surface area contributed by atoms with Crippen molar-refractivity contribution in [1.82, 2.24) is 20.3 Å². The maximum absolute atomic E-state index is 12.7. The van der Waals surface area contributed by atoms with Gasteiger partial charge in [-0.2, -0.15) is 0 Å². The Bertz CT molecular complexity index is 1110. The molecular weight excluding hydrogens is 546 g/mol. The highest BCUT2D eigenvalue weighted by Crippen LogP contribution is 2.19. The molecule has 1 aromatic carbocycles. The molecule has 2 amide bonds. The third-order valence-corrected chi connectivity index (χ3v) is 6.99. The summed E-state index contributed by atoms with van der Waals surface area (Å²) in [5, 5.41) is 18.1. The fraction of sp³-hybridized carbons (Fsp3) is 0.625. The minimum absolute atomic E-state index is 0.0114. The Hall–Kier alpha value is -3.34. The van der Waals surface area contributed by atoms with Gasteiger partial charge >= 0.3 is 0 Å². The van der Waals surface area contributed by atoms with Crippen LogP contribution < -0.4 is 21.1 Å². The molecule has 0 aliphatic carbocycles. The Kier molecular flexibility index (Phi) is 13.9. The molecule has 1 saturated heterocycles. The molecule has 226 valence electrons. The van der Waals surface area contributed by atoms with Gasteiger partial charge in [0.25, 0.3) is 5.96 Å². The van der Waals surface area contributed by atoms with Gasteiger partial charge in [-0.3, -0.25) is 9.59 Å². The maximum atomic E-state index is 12.7. The largest absolute Gasteiger partial charge is 0.379 e. The van der Waals surface area contributed by atoms with Gasteiger partial charge in [0.15, 0.2) is 11.3 Å². The summed E-state index contributed by atoms with van der Waals surface area (Å²) in [6, 6.07) is 5.99. The molecule has 40 heavy (non-hydrogen) atoms. The number of ether oxygens (including phenoxy) is 2. The van der Waals surface area contributed by atoms with E-state index in [-0.39, 0.29) is 23.1 Å².